The molecule has 1 atom stereocenters. The molecule has 0 saturated carbocycles. The fourth-order valence-electron chi connectivity index (χ4n) is 4.55. The van der Waals surface area contributed by atoms with Crippen LogP contribution in [0, 0.1) is 17.5 Å². The lowest BCUT2D eigenvalue weighted by Crippen LogP contribution is -2.15. The minimum atomic E-state index is -0.579. The van der Waals surface area contributed by atoms with Crippen LogP contribution in [0.5, 0.6) is 0 Å². The Hall–Kier alpha value is -2.55. The zero-order valence-corrected chi connectivity index (χ0v) is 17.4. The van der Waals surface area contributed by atoms with Crippen molar-refractivity contribution in [3.05, 3.63) is 94.3 Å². The quantitative estimate of drug-likeness (QED) is 0.365. The summed E-state index contributed by atoms with van der Waals surface area (Å²) < 4.78 is 43.2. The first-order valence-electron chi connectivity index (χ1n) is 10.9. The van der Waals surface area contributed by atoms with Gasteiger partial charge in [0, 0.05) is 0 Å². The maximum Gasteiger partial charge on any atom is 0.137 e. The van der Waals surface area contributed by atoms with Crippen molar-refractivity contribution in [2.75, 3.05) is 0 Å². The normalized spacial score (nSPS) is 15.8. The average Bonchev–Trinajstić information content (AvgIpc) is 2.75. The van der Waals surface area contributed by atoms with E-state index in [1.165, 1.54) is 60.7 Å². The highest BCUT2D eigenvalue weighted by atomic mass is 19.1. The van der Waals surface area contributed by atoms with E-state index in [1.54, 1.807) is 0 Å². The van der Waals surface area contributed by atoms with Crippen molar-refractivity contribution in [3.8, 4) is 11.1 Å². The van der Waals surface area contributed by atoms with Crippen LogP contribution >= 0.6 is 0 Å². The molecule has 0 heterocycles. The first-order valence-corrected chi connectivity index (χ1v) is 10.9. The Labute approximate surface area is 176 Å². The van der Waals surface area contributed by atoms with Gasteiger partial charge in [-0.2, -0.15) is 0 Å². The van der Waals surface area contributed by atoms with Gasteiger partial charge in [-0.1, -0.05) is 56.2 Å². The summed E-state index contributed by atoms with van der Waals surface area (Å²) in [4.78, 5) is 0. The topological polar surface area (TPSA) is 0 Å². The summed E-state index contributed by atoms with van der Waals surface area (Å²) in [6.45, 7) is 2.21. The predicted octanol–water partition coefficient (Wildman–Crippen LogP) is 7.78. The minimum Gasteiger partial charge on any atom is -0.207 e. The molecule has 0 bridgehead atoms. The smallest absolute Gasteiger partial charge is 0.137 e. The third-order valence-corrected chi connectivity index (χ3v) is 6.27. The molecule has 0 radical (unpaired) electrons. The van der Waals surface area contributed by atoms with Gasteiger partial charge in [-0.05, 0) is 84.0 Å². The lowest BCUT2D eigenvalue weighted by Gasteiger charge is -2.26. The number of hydrogen-bond acceptors (Lipinski definition) is 0. The number of hydrogen-bond donors (Lipinski definition) is 0. The molecule has 0 spiro atoms. The highest BCUT2D eigenvalue weighted by Gasteiger charge is 2.26. The zero-order valence-electron chi connectivity index (χ0n) is 17.4. The van der Waals surface area contributed by atoms with Gasteiger partial charge in [-0.25, -0.2) is 13.2 Å². The number of aryl methyl sites for hydroxylation is 1. The van der Waals surface area contributed by atoms with E-state index in [-0.39, 0.29) is 11.5 Å². The molecular formula is C27H27F3. The van der Waals surface area contributed by atoms with Crippen LogP contribution in [-0.2, 0) is 19.3 Å². The second-order valence-electron chi connectivity index (χ2n) is 8.33. The van der Waals surface area contributed by atoms with Crippen LogP contribution in [0.1, 0.15) is 60.8 Å². The number of fused-ring (bicyclic) bond motifs is 1. The van der Waals surface area contributed by atoms with Crippen LogP contribution in [0.4, 0.5) is 13.2 Å². The van der Waals surface area contributed by atoms with Gasteiger partial charge < -0.3 is 0 Å². The van der Waals surface area contributed by atoms with E-state index in [0.29, 0.717) is 24.0 Å². The van der Waals surface area contributed by atoms with Crippen LogP contribution in [0.3, 0.4) is 0 Å². The van der Waals surface area contributed by atoms with Gasteiger partial charge in [-0.3, -0.25) is 0 Å². The number of halogens is 3. The Morgan fingerprint density at radius 3 is 2.33 bits per heavy atom. The summed E-state index contributed by atoms with van der Waals surface area (Å²) >= 11 is 0. The Balaban J connectivity index is 1.55. The molecule has 0 N–H and O–H groups in total. The third kappa shape index (κ3) is 4.30. The molecule has 1 aliphatic carbocycles. The van der Waals surface area contributed by atoms with Gasteiger partial charge in [0.1, 0.15) is 17.5 Å². The maximum absolute atomic E-state index is 15.2. The van der Waals surface area contributed by atoms with Gasteiger partial charge in [0.05, 0.1) is 5.56 Å². The van der Waals surface area contributed by atoms with Gasteiger partial charge in [-0.15, -0.1) is 0 Å². The first-order chi connectivity index (χ1) is 14.6. The van der Waals surface area contributed by atoms with E-state index >= 15 is 4.39 Å². The van der Waals surface area contributed by atoms with Crippen molar-refractivity contribution in [1.29, 1.82) is 0 Å². The molecule has 0 fully saturated rings. The lowest BCUT2D eigenvalue weighted by molar-refractivity contribution is 0.526. The summed E-state index contributed by atoms with van der Waals surface area (Å²) in [7, 11) is 0. The highest BCUT2D eigenvalue weighted by Crippen LogP contribution is 2.38. The molecule has 1 aliphatic rings. The Morgan fingerprint density at radius 2 is 1.63 bits per heavy atom. The van der Waals surface area contributed by atoms with Crippen molar-refractivity contribution in [1.82, 2.24) is 0 Å². The van der Waals surface area contributed by atoms with Crippen molar-refractivity contribution in [2.45, 2.75) is 57.8 Å². The molecule has 0 aliphatic heterocycles. The van der Waals surface area contributed by atoms with Gasteiger partial charge >= 0.3 is 0 Å². The summed E-state index contributed by atoms with van der Waals surface area (Å²) in [5.41, 5.74) is 4.26. The molecule has 0 aromatic heterocycles. The summed E-state index contributed by atoms with van der Waals surface area (Å²) in [6.07, 6.45) is 6.84. The molecular weight excluding hydrogens is 381 g/mol. The van der Waals surface area contributed by atoms with Crippen molar-refractivity contribution in [2.24, 2.45) is 0 Å². The van der Waals surface area contributed by atoms with E-state index in [2.05, 4.69) is 31.2 Å². The summed E-state index contributed by atoms with van der Waals surface area (Å²) in [5, 5.41) is 0. The summed E-state index contributed by atoms with van der Waals surface area (Å²) in [6, 6.07) is 15.5. The molecule has 0 nitrogen and oxygen atoms in total. The van der Waals surface area contributed by atoms with Gasteiger partial charge in [0.2, 0.25) is 0 Å². The largest absolute Gasteiger partial charge is 0.207 e. The van der Waals surface area contributed by atoms with Crippen LogP contribution in [0.2, 0.25) is 0 Å². The standard InChI is InChI=1S/C27H27F3/c1-2-3-4-5-18-6-8-19(9-7-18)21-12-15-24-22(16-21)17-25(29)26(27(24)30)20-10-13-23(28)14-11-20/h6-11,13-14,17,21H,2-5,12,15-16H2,1H3. The predicted molar refractivity (Wildman–Crippen MR) is 116 cm³/mol. The van der Waals surface area contributed by atoms with Crippen molar-refractivity contribution < 1.29 is 13.2 Å². The van der Waals surface area contributed by atoms with Crippen molar-refractivity contribution in [3.63, 3.8) is 0 Å². The number of unbranched alkanes of at least 4 members (excludes halogenated alkanes) is 2. The third-order valence-electron chi connectivity index (χ3n) is 6.27. The maximum atomic E-state index is 15.2. The first kappa shape index (κ1) is 20.7. The number of rotatable bonds is 6. The monoisotopic (exact) mass is 408 g/mol. The van der Waals surface area contributed by atoms with E-state index in [0.717, 1.165) is 18.4 Å². The van der Waals surface area contributed by atoms with E-state index < -0.39 is 17.5 Å². The number of benzene rings is 3. The van der Waals surface area contributed by atoms with E-state index in [4.69, 9.17) is 0 Å². The second-order valence-corrected chi connectivity index (χ2v) is 8.33. The molecule has 3 aromatic carbocycles. The molecule has 1 unspecified atom stereocenters. The van der Waals surface area contributed by atoms with Crippen LogP contribution in [-0.4, -0.2) is 0 Å². The Kier molecular flexibility index (Phi) is 6.26. The Morgan fingerprint density at radius 1 is 0.900 bits per heavy atom. The molecule has 3 aromatic rings. The second kappa shape index (κ2) is 9.07. The lowest BCUT2D eigenvalue weighted by atomic mass is 9.78. The van der Waals surface area contributed by atoms with Crippen molar-refractivity contribution >= 4 is 0 Å². The molecule has 4 rings (SSSR count). The highest BCUT2D eigenvalue weighted by molar-refractivity contribution is 5.67. The average molecular weight is 409 g/mol. The van der Waals surface area contributed by atoms with Crippen LogP contribution < -0.4 is 0 Å². The zero-order chi connectivity index (χ0) is 21.1. The van der Waals surface area contributed by atoms with Gasteiger partial charge in [0.15, 0.2) is 0 Å². The minimum absolute atomic E-state index is 0.0522. The molecule has 156 valence electrons. The molecule has 30 heavy (non-hydrogen) atoms. The molecule has 0 saturated heterocycles. The Bertz CT molecular complexity index is 1000. The molecule has 3 heteroatoms. The van der Waals surface area contributed by atoms with E-state index in [9.17, 15) is 8.78 Å². The van der Waals surface area contributed by atoms with E-state index in [1.807, 2.05) is 0 Å². The van der Waals surface area contributed by atoms with Gasteiger partial charge in [0.25, 0.3) is 0 Å². The molecule has 0 amide bonds. The van der Waals surface area contributed by atoms with Crippen LogP contribution in [0.25, 0.3) is 11.1 Å². The SMILES string of the molecule is CCCCCc1ccc(C2CCc3c(cc(F)c(-c4ccc(F)cc4)c3F)C2)cc1. The fourth-order valence-corrected chi connectivity index (χ4v) is 4.55. The van der Waals surface area contributed by atoms with Crippen LogP contribution in [0.15, 0.2) is 54.6 Å². The fraction of sp³-hybridized carbons (Fsp3) is 0.333. The summed E-state index contributed by atoms with van der Waals surface area (Å²) in [5.74, 6) is -1.22.